The summed E-state index contributed by atoms with van der Waals surface area (Å²) in [6, 6.07) is 5.66. The second-order valence-corrected chi connectivity index (χ2v) is 6.08. The van der Waals surface area contributed by atoms with Crippen molar-refractivity contribution in [2.24, 2.45) is 0 Å². The number of aliphatic carboxylic acids is 1. The first-order valence-corrected chi connectivity index (χ1v) is 8.29. The van der Waals surface area contributed by atoms with Crippen LogP contribution in [0.3, 0.4) is 0 Å². The highest BCUT2D eigenvalue weighted by atomic mass is 19.1. The Morgan fingerprint density at radius 2 is 1.75 bits per heavy atom. The number of nitrogens with one attached hydrogen (secondary N) is 1. The minimum atomic E-state index is -1.13. The first-order valence-electron chi connectivity index (χ1n) is 8.29. The van der Waals surface area contributed by atoms with E-state index in [4.69, 9.17) is 19.3 Å². The maximum Gasteiger partial charge on any atom is 0.326 e. The minimum Gasteiger partial charge on any atom is -0.493 e. The van der Waals surface area contributed by atoms with E-state index in [9.17, 15) is 14.0 Å². The molecular formula is C19H19FN2O6. The summed E-state index contributed by atoms with van der Waals surface area (Å²) in [6.45, 7) is 0.0911. The normalized spacial score (nSPS) is 10.9. The smallest absolute Gasteiger partial charge is 0.326 e. The molecule has 0 aliphatic rings. The Morgan fingerprint density at radius 1 is 1.11 bits per heavy atom. The summed E-state index contributed by atoms with van der Waals surface area (Å²) in [4.78, 5) is 26.2. The van der Waals surface area contributed by atoms with E-state index in [-0.39, 0.29) is 17.6 Å². The lowest BCUT2D eigenvalue weighted by Crippen LogP contribution is -2.18. The highest BCUT2D eigenvalue weighted by Gasteiger charge is 2.18. The quantitative estimate of drug-likeness (QED) is 0.641. The third kappa shape index (κ3) is 3.51. The van der Waals surface area contributed by atoms with Gasteiger partial charge in [0, 0.05) is 0 Å². The number of methoxy groups -OCH3 is 3. The standard InChI is InChI=1S/C19H19FN2O6/c1-26-14-4-10(5-15(27-2)18(14)28-3)9-22-17-11(7-16(23)24)6-12(20)8-13(17)21-19(22)25/h4-6,8H,7,9H2,1-3H3,(H,21,25)(H,23,24). The molecule has 0 bridgehead atoms. The Kier molecular flexibility index (Phi) is 5.25. The van der Waals surface area contributed by atoms with Gasteiger partial charge in [-0.3, -0.25) is 9.36 Å². The molecule has 3 rings (SSSR count). The van der Waals surface area contributed by atoms with Crippen molar-refractivity contribution in [2.45, 2.75) is 13.0 Å². The van der Waals surface area contributed by atoms with Crippen molar-refractivity contribution < 1.29 is 28.5 Å². The molecule has 0 fully saturated rings. The van der Waals surface area contributed by atoms with Crippen LogP contribution in [0.5, 0.6) is 17.2 Å². The predicted octanol–water partition coefficient (Wildman–Crippen LogP) is 2.17. The number of hydrogen-bond donors (Lipinski definition) is 2. The summed E-state index contributed by atoms with van der Waals surface area (Å²) in [6.07, 6.45) is -0.416. The van der Waals surface area contributed by atoms with Gasteiger partial charge < -0.3 is 24.3 Å². The molecule has 0 unspecified atom stereocenters. The van der Waals surface area contributed by atoms with Crippen LogP contribution >= 0.6 is 0 Å². The fourth-order valence-electron chi connectivity index (χ4n) is 3.21. The predicted molar refractivity (Wildman–Crippen MR) is 99.1 cm³/mol. The molecule has 0 aliphatic carbocycles. The number of ether oxygens (including phenoxy) is 3. The van der Waals surface area contributed by atoms with Gasteiger partial charge >= 0.3 is 11.7 Å². The first-order chi connectivity index (χ1) is 13.4. The average Bonchev–Trinajstić information content (AvgIpc) is 2.95. The second kappa shape index (κ2) is 7.63. The SMILES string of the molecule is COc1cc(Cn2c(=O)[nH]c3cc(F)cc(CC(=O)O)c32)cc(OC)c1OC. The number of halogens is 1. The van der Waals surface area contributed by atoms with Gasteiger partial charge in [-0.1, -0.05) is 0 Å². The molecule has 0 amide bonds. The van der Waals surface area contributed by atoms with Crippen LogP contribution in [0.15, 0.2) is 29.1 Å². The van der Waals surface area contributed by atoms with E-state index in [1.165, 1.54) is 25.9 Å². The van der Waals surface area contributed by atoms with Crippen LogP contribution in [0.1, 0.15) is 11.1 Å². The van der Waals surface area contributed by atoms with Crippen molar-refractivity contribution >= 4 is 17.0 Å². The summed E-state index contributed by atoms with van der Waals surface area (Å²) in [5.74, 6) is -0.499. The zero-order valence-electron chi connectivity index (χ0n) is 15.5. The van der Waals surface area contributed by atoms with Gasteiger partial charge in [-0.15, -0.1) is 0 Å². The molecule has 2 aromatic carbocycles. The van der Waals surface area contributed by atoms with Crippen LogP contribution in [0.4, 0.5) is 4.39 Å². The Bertz CT molecular complexity index is 1080. The number of rotatable bonds is 7. The number of aromatic amines is 1. The van der Waals surface area contributed by atoms with Crippen LogP contribution in [0.2, 0.25) is 0 Å². The molecule has 2 N–H and O–H groups in total. The van der Waals surface area contributed by atoms with E-state index in [0.717, 1.165) is 12.1 Å². The molecule has 0 saturated heterocycles. The topological polar surface area (TPSA) is 103 Å². The van der Waals surface area contributed by atoms with Crippen LogP contribution < -0.4 is 19.9 Å². The lowest BCUT2D eigenvalue weighted by atomic mass is 10.1. The van der Waals surface area contributed by atoms with E-state index in [0.29, 0.717) is 28.3 Å². The molecule has 28 heavy (non-hydrogen) atoms. The summed E-state index contributed by atoms with van der Waals surface area (Å²) < 4.78 is 31.1. The minimum absolute atomic E-state index is 0.0911. The molecule has 0 saturated carbocycles. The van der Waals surface area contributed by atoms with Crippen molar-refractivity contribution in [1.29, 1.82) is 0 Å². The molecule has 1 aromatic heterocycles. The third-order valence-corrected chi connectivity index (χ3v) is 4.32. The fourth-order valence-corrected chi connectivity index (χ4v) is 3.21. The van der Waals surface area contributed by atoms with Crippen molar-refractivity contribution in [3.63, 3.8) is 0 Å². The van der Waals surface area contributed by atoms with Crippen molar-refractivity contribution in [1.82, 2.24) is 9.55 Å². The van der Waals surface area contributed by atoms with Crippen molar-refractivity contribution in [3.8, 4) is 17.2 Å². The van der Waals surface area contributed by atoms with Crippen LogP contribution in [0, 0.1) is 5.82 Å². The lowest BCUT2D eigenvalue weighted by Gasteiger charge is -2.15. The highest BCUT2D eigenvalue weighted by Crippen LogP contribution is 2.38. The van der Waals surface area contributed by atoms with Crippen LogP contribution in [-0.2, 0) is 17.8 Å². The number of hydrogen-bond acceptors (Lipinski definition) is 5. The van der Waals surface area contributed by atoms with Gasteiger partial charge in [0.1, 0.15) is 5.82 Å². The fraction of sp³-hybridized carbons (Fsp3) is 0.263. The van der Waals surface area contributed by atoms with Crippen LogP contribution in [-0.4, -0.2) is 42.0 Å². The molecular weight excluding hydrogens is 371 g/mol. The van der Waals surface area contributed by atoms with Gasteiger partial charge in [0.25, 0.3) is 0 Å². The summed E-state index contributed by atoms with van der Waals surface area (Å²) >= 11 is 0. The van der Waals surface area contributed by atoms with E-state index in [2.05, 4.69) is 4.98 Å². The molecule has 0 atom stereocenters. The second-order valence-electron chi connectivity index (χ2n) is 6.08. The van der Waals surface area contributed by atoms with E-state index < -0.39 is 23.9 Å². The lowest BCUT2D eigenvalue weighted by molar-refractivity contribution is -0.136. The summed E-state index contributed by atoms with van der Waals surface area (Å²) in [5, 5.41) is 9.13. The zero-order valence-corrected chi connectivity index (χ0v) is 15.5. The number of benzene rings is 2. The number of aromatic nitrogens is 2. The number of imidazole rings is 1. The first kappa shape index (κ1) is 19.3. The Morgan fingerprint density at radius 3 is 2.29 bits per heavy atom. The molecule has 3 aromatic rings. The van der Waals surface area contributed by atoms with Crippen molar-refractivity contribution in [3.05, 3.63) is 51.7 Å². The molecule has 0 spiro atoms. The highest BCUT2D eigenvalue weighted by molar-refractivity contribution is 5.84. The average molecular weight is 390 g/mol. The molecule has 148 valence electrons. The number of fused-ring (bicyclic) bond motifs is 1. The number of carboxylic acids is 1. The maximum atomic E-state index is 13.8. The van der Waals surface area contributed by atoms with Gasteiger partial charge in [-0.25, -0.2) is 9.18 Å². The number of carbonyl (C=O) groups is 1. The Hall–Kier alpha value is -3.49. The monoisotopic (exact) mass is 390 g/mol. The summed E-state index contributed by atoms with van der Waals surface area (Å²) in [7, 11) is 4.44. The van der Waals surface area contributed by atoms with E-state index in [1.807, 2.05) is 0 Å². The Balaban J connectivity index is 2.16. The number of carboxylic acid groups (broad SMARTS) is 1. The van der Waals surface area contributed by atoms with Gasteiger partial charge in [0.2, 0.25) is 5.75 Å². The van der Waals surface area contributed by atoms with Crippen LogP contribution in [0.25, 0.3) is 11.0 Å². The molecule has 0 radical (unpaired) electrons. The largest absolute Gasteiger partial charge is 0.493 e. The van der Waals surface area contributed by atoms with Crippen molar-refractivity contribution in [2.75, 3.05) is 21.3 Å². The van der Waals surface area contributed by atoms with E-state index in [1.54, 1.807) is 12.1 Å². The molecule has 1 heterocycles. The van der Waals surface area contributed by atoms with Gasteiger partial charge in [0.15, 0.2) is 11.5 Å². The Labute approximate surface area is 159 Å². The molecule has 9 heteroatoms. The maximum absolute atomic E-state index is 13.8. The van der Waals surface area contributed by atoms with Gasteiger partial charge in [-0.05, 0) is 35.4 Å². The summed E-state index contributed by atoms with van der Waals surface area (Å²) in [5.41, 5.74) is 0.939. The van der Waals surface area contributed by atoms with E-state index >= 15 is 0 Å². The van der Waals surface area contributed by atoms with Gasteiger partial charge in [-0.2, -0.15) is 0 Å². The number of nitrogens with zero attached hydrogens (tertiary/aromatic N) is 1. The third-order valence-electron chi connectivity index (χ3n) is 4.32. The zero-order chi connectivity index (χ0) is 20.4. The molecule has 8 nitrogen and oxygen atoms in total. The molecule has 0 aliphatic heterocycles. The van der Waals surface area contributed by atoms with Gasteiger partial charge in [0.05, 0.1) is 45.3 Å². The number of H-pyrrole nitrogens is 1.